The molecule has 29 heavy (non-hydrogen) atoms. The van der Waals surface area contributed by atoms with Crippen LogP contribution in [0.2, 0.25) is 0 Å². The van der Waals surface area contributed by atoms with Crippen molar-refractivity contribution in [3.05, 3.63) is 108 Å². The van der Waals surface area contributed by atoms with Crippen LogP contribution in [-0.4, -0.2) is 25.7 Å². The fourth-order valence-corrected chi connectivity index (χ4v) is 4.44. The number of rotatable bonds is 8. The molecule has 3 heteroatoms. The molecule has 3 aromatic rings. The first-order valence-corrected chi connectivity index (χ1v) is 10.3. The third-order valence-corrected chi connectivity index (χ3v) is 5.91. The maximum absolute atomic E-state index is 13.1. The fraction of sp³-hybridized carbons (Fsp3) is 0.269. The van der Waals surface area contributed by atoms with Gasteiger partial charge in [0.25, 0.3) is 0 Å². The van der Waals surface area contributed by atoms with E-state index in [4.69, 9.17) is 4.74 Å². The summed E-state index contributed by atoms with van der Waals surface area (Å²) in [5.41, 5.74) is 2.64. The molecule has 3 aromatic carbocycles. The molecule has 1 saturated heterocycles. The second-order valence-electron chi connectivity index (χ2n) is 7.61. The molecule has 1 fully saturated rings. The van der Waals surface area contributed by atoms with Gasteiger partial charge in [-0.25, -0.2) is 0 Å². The molecule has 4 rings (SSSR count). The summed E-state index contributed by atoms with van der Waals surface area (Å²) in [5.74, 6) is -0.0341. The third-order valence-electron chi connectivity index (χ3n) is 5.91. The maximum Gasteiger partial charge on any atom is 0.321 e. The van der Waals surface area contributed by atoms with Crippen LogP contribution >= 0.6 is 0 Å². The van der Waals surface area contributed by atoms with Crippen LogP contribution in [0.4, 0.5) is 0 Å². The van der Waals surface area contributed by atoms with E-state index in [0.717, 1.165) is 37.1 Å². The Balaban J connectivity index is 1.50. The van der Waals surface area contributed by atoms with Gasteiger partial charge < -0.3 is 10.1 Å². The molecule has 148 valence electrons. The van der Waals surface area contributed by atoms with Crippen LogP contribution in [0.15, 0.2) is 91.0 Å². The molecule has 1 heterocycles. The van der Waals surface area contributed by atoms with E-state index >= 15 is 0 Å². The van der Waals surface area contributed by atoms with Crippen molar-refractivity contribution in [2.24, 2.45) is 5.92 Å². The Hall–Kier alpha value is -2.91. The van der Waals surface area contributed by atoms with Crippen LogP contribution in [0.5, 0.6) is 0 Å². The summed E-state index contributed by atoms with van der Waals surface area (Å²) in [6.45, 7) is 2.24. The minimum absolute atomic E-state index is 0.101. The minimum Gasteiger partial charge on any atom is -0.464 e. The van der Waals surface area contributed by atoms with Gasteiger partial charge in [0.2, 0.25) is 0 Å². The van der Waals surface area contributed by atoms with E-state index in [2.05, 4.69) is 53.8 Å². The zero-order chi connectivity index (χ0) is 19.9. The van der Waals surface area contributed by atoms with E-state index in [9.17, 15) is 4.79 Å². The van der Waals surface area contributed by atoms with Gasteiger partial charge in [0.15, 0.2) is 0 Å². The first-order valence-electron chi connectivity index (χ1n) is 10.3. The zero-order valence-electron chi connectivity index (χ0n) is 16.6. The fourth-order valence-electron chi connectivity index (χ4n) is 4.44. The topological polar surface area (TPSA) is 38.3 Å². The highest BCUT2D eigenvalue weighted by Gasteiger charge is 2.54. The lowest BCUT2D eigenvalue weighted by atomic mass is 9.66. The predicted octanol–water partition coefficient (Wildman–Crippen LogP) is 4.37. The lowest BCUT2D eigenvalue weighted by Gasteiger charge is -2.32. The largest absolute Gasteiger partial charge is 0.464 e. The van der Waals surface area contributed by atoms with Crippen LogP contribution in [0.25, 0.3) is 0 Å². The number of carbonyl (C=O) groups excluding carboxylic acids is 1. The van der Waals surface area contributed by atoms with Crippen LogP contribution < -0.4 is 5.32 Å². The van der Waals surface area contributed by atoms with Gasteiger partial charge in [0, 0.05) is 5.92 Å². The number of hydrogen-bond acceptors (Lipinski definition) is 3. The average molecular weight is 386 g/mol. The molecule has 0 bridgehead atoms. The van der Waals surface area contributed by atoms with Gasteiger partial charge in [0.1, 0.15) is 5.41 Å². The highest BCUT2D eigenvalue weighted by atomic mass is 16.5. The number of benzene rings is 3. The van der Waals surface area contributed by atoms with Crippen molar-refractivity contribution in [2.45, 2.75) is 18.3 Å². The average Bonchev–Trinajstić information content (AvgIpc) is 3.12. The third kappa shape index (κ3) is 3.96. The molecule has 0 aromatic heterocycles. The second kappa shape index (κ2) is 9.06. The molecular weight excluding hydrogens is 358 g/mol. The predicted molar refractivity (Wildman–Crippen MR) is 116 cm³/mol. The van der Waals surface area contributed by atoms with Crippen molar-refractivity contribution >= 4 is 5.97 Å². The number of esters is 1. The van der Waals surface area contributed by atoms with E-state index in [1.807, 2.05) is 42.5 Å². The second-order valence-corrected chi connectivity index (χ2v) is 7.61. The molecule has 3 nitrogen and oxygen atoms in total. The smallest absolute Gasteiger partial charge is 0.321 e. The molecule has 1 atom stereocenters. The highest BCUT2D eigenvalue weighted by molar-refractivity contribution is 5.90. The maximum atomic E-state index is 13.1. The van der Waals surface area contributed by atoms with Crippen molar-refractivity contribution in [3.63, 3.8) is 0 Å². The number of cyclic esters (lactones) is 1. The van der Waals surface area contributed by atoms with Gasteiger partial charge in [-0.1, -0.05) is 91.0 Å². The monoisotopic (exact) mass is 385 g/mol. The summed E-state index contributed by atoms with van der Waals surface area (Å²) >= 11 is 0. The summed E-state index contributed by atoms with van der Waals surface area (Å²) in [5, 5.41) is 3.55. The van der Waals surface area contributed by atoms with Gasteiger partial charge >= 0.3 is 5.97 Å². The Kier molecular flexibility index (Phi) is 6.06. The SMILES string of the molecule is O=C1OCC(CCNCCc2ccccc2)C1(c1ccccc1)c1ccccc1. The van der Waals surface area contributed by atoms with Crippen LogP contribution in [0, 0.1) is 5.92 Å². The van der Waals surface area contributed by atoms with Crippen molar-refractivity contribution < 1.29 is 9.53 Å². The molecule has 0 spiro atoms. The van der Waals surface area contributed by atoms with Crippen molar-refractivity contribution in [1.82, 2.24) is 5.32 Å². The van der Waals surface area contributed by atoms with Crippen molar-refractivity contribution in [1.29, 1.82) is 0 Å². The minimum atomic E-state index is -0.733. The first kappa shape index (κ1) is 19.4. The van der Waals surface area contributed by atoms with Crippen LogP contribution in [0.1, 0.15) is 23.1 Å². The van der Waals surface area contributed by atoms with Crippen molar-refractivity contribution in [2.75, 3.05) is 19.7 Å². The van der Waals surface area contributed by atoms with E-state index in [0.29, 0.717) is 6.61 Å². The van der Waals surface area contributed by atoms with Gasteiger partial charge in [-0.3, -0.25) is 4.79 Å². The van der Waals surface area contributed by atoms with Gasteiger partial charge in [-0.15, -0.1) is 0 Å². The summed E-state index contributed by atoms with van der Waals surface area (Å²) in [6, 6.07) is 30.7. The summed E-state index contributed by atoms with van der Waals surface area (Å²) in [4.78, 5) is 13.1. The van der Waals surface area contributed by atoms with Crippen molar-refractivity contribution in [3.8, 4) is 0 Å². The molecule has 1 N–H and O–H groups in total. The van der Waals surface area contributed by atoms with Gasteiger partial charge in [0.05, 0.1) is 6.61 Å². The Morgan fingerprint density at radius 1 is 0.793 bits per heavy atom. The molecule has 0 radical (unpaired) electrons. The van der Waals surface area contributed by atoms with Crippen LogP contribution in [0.3, 0.4) is 0 Å². The molecule has 0 amide bonds. The summed E-state index contributed by atoms with van der Waals surface area (Å²) in [6.07, 6.45) is 1.88. The van der Waals surface area contributed by atoms with Gasteiger partial charge in [-0.05, 0) is 42.6 Å². The molecule has 1 aliphatic heterocycles. The Morgan fingerprint density at radius 3 is 1.93 bits per heavy atom. The van der Waals surface area contributed by atoms with E-state index < -0.39 is 5.41 Å². The normalized spacial score (nSPS) is 17.8. The molecule has 1 unspecified atom stereocenters. The highest BCUT2D eigenvalue weighted by Crippen LogP contribution is 2.46. The number of carbonyl (C=O) groups is 1. The number of hydrogen-bond donors (Lipinski definition) is 1. The lowest BCUT2D eigenvalue weighted by molar-refractivity contribution is -0.141. The van der Waals surface area contributed by atoms with Gasteiger partial charge in [-0.2, -0.15) is 0 Å². The molecule has 0 saturated carbocycles. The lowest BCUT2D eigenvalue weighted by Crippen LogP contribution is -2.40. The van der Waals surface area contributed by atoms with E-state index in [1.54, 1.807) is 0 Å². The molecule has 0 aliphatic carbocycles. The first-order chi connectivity index (χ1) is 14.3. The van der Waals surface area contributed by atoms with E-state index in [-0.39, 0.29) is 11.9 Å². The molecular formula is C26H27NO2. The number of ether oxygens (including phenoxy) is 1. The Morgan fingerprint density at radius 2 is 1.34 bits per heavy atom. The summed E-state index contributed by atoms with van der Waals surface area (Å²) in [7, 11) is 0. The van der Waals surface area contributed by atoms with E-state index in [1.165, 1.54) is 5.56 Å². The summed E-state index contributed by atoms with van der Waals surface area (Å²) < 4.78 is 5.65. The standard InChI is InChI=1S/C26H27NO2/c28-25-26(22-12-6-2-7-13-22,23-14-8-3-9-15-23)24(20-29-25)17-19-27-18-16-21-10-4-1-5-11-21/h1-15,24,27H,16-20H2. The Bertz CT molecular complexity index is 870. The zero-order valence-corrected chi connectivity index (χ0v) is 16.6. The molecule has 1 aliphatic rings. The Labute approximate surface area is 172 Å². The number of nitrogens with one attached hydrogen (secondary N) is 1. The quantitative estimate of drug-likeness (QED) is 0.462. The van der Waals surface area contributed by atoms with Crippen LogP contribution in [-0.2, 0) is 21.4 Å².